The minimum Gasteiger partial charge on any atom is -0.488 e. The number of nitrogens with one attached hydrogen (secondary N) is 1. The number of hydrogen-bond acceptors (Lipinski definition) is 8. The number of fused-ring (bicyclic) bond motifs is 1. The number of carbonyl (C=O) groups is 2. The lowest BCUT2D eigenvalue weighted by Gasteiger charge is -2.14. The molecule has 0 aliphatic rings. The second-order valence-electron chi connectivity index (χ2n) is 7.73. The third kappa shape index (κ3) is 6.07. The Morgan fingerprint density at radius 2 is 2.00 bits per heavy atom. The normalized spacial score (nSPS) is 10.8. The third-order valence-corrected chi connectivity index (χ3v) is 5.53. The highest BCUT2D eigenvalue weighted by atomic mass is 32.1. The first-order valence-corrected chi connectivity index (χ1v) is 11.3. The van der Waals surface area contributed by atoms with Gasteiger partial charge in [-0.25, -0.2) is 9.78 Å². The van der Waals surface area contributed by atoms with Crippen molar-refractivity contribution in [3.05, 3.63) is 62.5 Å². The van der Waals surface area contributed by atoms with Crippen LogP contribution in [0.5, 0.6) is 5.75 Å². The van der Waals surface area contributed by atoms with E-state index in [0.29, 0.717) is 46.3 Å². The Labute approximate surface area is 195 Å². The fourth-order valence-electron chi connectivity index (χ4n) is 3.29. The number of aryl methyl sites for hydroxylation is 2. The van der Waals surface area contributed by atoms with E-state index < -0.39 is 11.5 Å². The highest BCUT2D eigenvalue weighted by Gasteiger charge is 2.19. The summed E-state index contributed by atoms with van der Waals surface area (Å²) >= 11 is 1.19. The Kier molecular flexibility index (Phi) is 7.65. The van der Waals surface area contributed by atoms with Gasteiger partial charge in [0.05, 0.1) is 36.1 Å². The Bertz CT molecular complexity index is 1270. The maximum Gasteiger partial charge on any atom is 0.340 e. The van der Waals surface area contributed by atoms with Crippen molar-refractivity contribution in [1.82, 2.24) is 4.98 Å². The van der Waals surface area contributed by atoms with Crippen LogP contribution >= 0.6 is 11.3 Å². The molecule has 2 heterocycles. The molecule has 0 saturated heterocycles. The second-order valence-corrected chi connectivity index (χ2v) is 8.58. The van der Waals surface area contributed by atoms with Gasteiger partial charge in [-0.15, -0.1) is 11.3 Å². The number of anilines is 1. The molecule has 9 heteroatoms. The van der Waals surface area contributed by atoms with E-state index in [0.717, 1.165) is 11.1 Å². The van der Waals surface area contributed by atoms with Gasteiger partial charge in [-0.3, -0.25) is 9.59 Å². The summed E-state index contributed by atoms with van der Waals surface area (Å²) in [6, 6.07) is 3.63. The molecule has 174 valence electrons. The van der Waals surface area contributed by atoms with Crippen LogP contribution in [0.4, 0.5) is 5.13 Å². The molecule has 8 nitrogen and oxygen atoms in total. The fraction of sp³-hybridized carbons (Fsp3) is 0.333. The van der Waals surface area contributed by atoms with Crippen LogP contribution in [0, 0.1) is 13.8 Å². The lowest BCUT2D eigenvalue weighted by atomic mass is 10.0. The summed E-state index contributed by atoms with van der Waals surface area (Å²) in [6.07, 6.45) is -0.162. The standard InChI is InChI=1S/C24H26N2O6S/c1-6-30-21(28)9-16-12-33-24(25-16)26-20(27)10-17-15(5)22-18(31-11-13(2)3)7-14(4)8-19(22)32-23(17)29/h7-8,12H,2,6,9-11H2,1,3-5H3,(H,25,26,27). The summed E-state index contributed by atoms with van der Waals surface area (Å²) < 4.78 is 16.3. The van der Waals surface area contributed by atoms with Crippen LogP contribution in [0.25, 0.3) is 11.0 Å². The molecule has 0 radical (unpaired) electrons. The number of aromatic nitrogens is 1. The molecule has 2 aromatic heterocycles. The predicted octanol–water partition coefficient (Wildman–Crippen LogP) is 4.11. The quantitative estimate of drug-likeness (QED) is 0.285. The molecule has 3 rings (SSSR count). The number of hydrogen-bond donors (Lipinski definition) is 1. The van der Waals surface area contributed by atoms with Gasteiger partial charge in [0.15, 0.2) is 5.13 Å². The highest BCUT2D eigenvalue weighted by Crippen LogP contribution is 2.31. The number of rotatable bonds is 9. The largest absolute Gasteiger partial charge is 0.488 e. The summed E-state index contributed by atoms with van der Waals surface area (Å²) in [5.74, 6) is -0.234. The molecule has 1 amide bonds. The molecule has 0 bridgehead atoms. The minimum atomic E-state index is -0.575. The first-order chi connectivity index (χ1) is 15.7. The Morgan fingerprint density at radius 1 is 1.24 bits per heavy atom. The van der Waals surface area contributed by atoms with Gasteiger partial charge in [-0.1, -0.05) is 6.58 Å². The topological polar surface area (TPSA) is 108 Å². The number of nitrogens with zero attached hydrogens (tertiary/aromatic N) is 1. The molecule has 1 aromatic carbocycles. The van der Waals surface area contributed by atoms with Crippen molar-refractivity contribution in [3.8, 4) is 5.75 Å². The van der Waals surface area contributed by atoms with Crippen molar-refractivity contribution in [2.45, 2.75) is 40.5 Å². The number of ether oxygens (including phenoxy) is 2. The zero-order chi connectivity index (χ0) is 24.1. The summed E-state index contributed by atoms with van der Waals surface area (Å²) in [5, 5.41) is 5.34. The smallest absolute Gasteiger partial charge is 0.340 e. The number of amides is 1. The van der Waals surface area contributed by atoms with Gasteiger partial charge in [-0.2, -0.15) is 0 Å². The number of esters is 1. The Morgan fingerprint density at radius 3 is 2.70 bits per heavy atom. The van der Waals surface area contributed by atoms with Crippen LogP contribution in [0.3, 0.4) is 0 Å². The Hall–Kier alpha value is -3.46. The first kappa shape index (κ1) is 24.2. The molecule has 0 aliphatic carbocycles. The first-order valence-electron chi connectivity index (χ1n) is 10.4. The fourth-order valence-corrected chi connectivity index (χ4v) is 4.01. The van der Waals surface area contributed by atoms with E-state index in [4.69, 9.17) is 13.9 Å². The van der Waals surface area contributed by atoms with E-state index in [2.05, 4.69) is 16.9 Å². The van der Waals surface area contributed by atoms with E-state index in [1.807, 2.05) is 19.9 Å². The van der Waals surface area contributed by atoms with Crippen molar-refractivity contribution < 1.29 is 23.5 Å². The Balaban J connectivity index is 1.83. The van der Waals surface area contributed by atoms with Gasteiger partial charge in [0, 0.05) is 5.38 Å². The predicted molar refractivity (Wildman–Crippen MR) is 127 cm³/mol. The third-order valence-electron chi connectivity index (χ3n) is 4.73. The maximum atomic E-state index is 12.7. The average Bonchev–Trinajstić information content (AvgIpc) is 3.15. The molecule has 0 spiro atoms. The summed E-state index contributed by atoms with van der Waals surface area (Å²) in [5.41, 5.74) is 2.93. The number of benzene rings is 1. The van der Waals surface area contributed by atoms with Gasteiger partial charge in [0.25, 0.3) is 0 Å². The molecule has 0 atom stereocenters. The lowest BCUT2D eigenvalue weighted by Crippen LogP contribution is -2.21. The molecule has 0 aliphatic heterocycles. The van der Waals surface area contributed by atoms with E-state index in [9.17, 15) is 14.4 Å². The highest BCUT2D eigenvalue weighted by molar-refractivity contribution is 7.13. The van der Waals surface area contributed by atoms with E-state index >= 15 is 0 Å². The van der Waals surface area contributed by atoms with Gasteiger partial charge < -0.3 is 19.2 Å². The van der Waals surface area contributed by atoms with Crippen molar-refractivity contribution >= 4 is 39.3 Å². The summed E-state index contributed by atoms with van der Waals surface area (Å²) in [6.45, 7) is 11.7. The van der Waals surface area contributed by atoms with Crippen LogP contribution in [-0.4, -0.2) is 30.1 Å². The second kappa shape index (κ2) is 10.4. The summed E-state index contributed by atoms with van der Waals surface area (Å²) in [7, 11) is 0. The SMILES string of the molecule is C=C(C)COc1cc(C)cc2oc(=O)c(CC(=O)Nc3nc(CC(=O)OCC)cs3)c(C)c12. The number of carbonyl (C=O) groups excluding carboxylic acids is 2. The molecule has 0 unspecified atom stereocenters. The average molecular weight is 471 g/mol. The van der Waals surface area contributed by atoms with Crippen molar-refractivity contribution in [2.75, 3.05) is 18.5 Å². The summed E-state index contributed by atoms with van der Waals surface area (Å²) in [4.78, 5) is 41.1. The van der Waals surface area contributed by atoms with Crippen LogP contribution in [0.15, 0.2) is 38.9 Å². The lowest BCUT2D eigenvalue weighted by molar-refractivity contribution is -0.142. The van der Waals surface area contributed by atoms with Gasteiger partial charge >= 0.3 is 11.6 Å². The van der Waals surface area contributed by atoms with Crippen molar-refractivity contribution in [3.63, 3.8) is 0 Å². The minimum absolute atomic E-state index is 0.0277. The molecular formula is C24H26N2O6S. The van der Waals surface area contributed by atoms with Crippen LogP contribution in [0.2, 0.25) is 0 Å². The molecular weight excluding hydrogens is 444 g/mol. The van der Waals surface area contributed by atoms with Crippen molar-refractivity contribution in [1.29, 1.82) is 0 Å². The van der Waals surface area contributed by atoms with E-state index in [1.165, 1.54) is 11.3 Å². The number of thiazole rings is 1. The zero-order valence-electron chi connectivity index (χ0n) is 19.1. The van der Waals surface area contributed by atoms with Gasteiger partial charge in [0.1, 0.15) is 17.9 Å². The van der Waals surface area contributed by atoms with Gasteiger partial charge in [-0.05, 0) is 56.5 Å². The molecule has 3 aromatic rings. The molecule has 0 fully saturated rings. The maximum absolute atomic E-state index is 12.7. The monoisotopic (exact) mass is 470 g/mol. The van der Waals surface area contributed by atoms with E-state index in [-0.39, 0.29) is 24.4 Å². The van der Waals surface area contributed by atoms with E-state index in [1.54, 1.807) is 25.3 Å². The van der Waals surface area contributed by atoms with Crippen LogP contribution in [0.1, 0.15) is 36.2 Å². The molecule has 33 heavy (non-hydrogen) atoms. The van der Waals surface area contributed by atoms with Crippen LogP contribution < -0.4 is 15.7 Å². The van der Waals surface area contributed by atoms with Crippen LogP contribution in [-0.2, 0) is 27.2 Å². The zero-order valence-corrected chi connectivity index (χ0v) is 19.9. The molecule has 0 saturated carbocycles. The van der Waals surface area contributed by atoms with Gasteiger partial charge in [0.2, 0.25) is 5.91 Å². The molecule has 1 N–H and O–H groups in total. The van der Waals surface area contributed by atoms with Crippen molar-refractivity contribution in [2.24, 2.45) is 0 Å².